The van der Waals surface area contributed by atoms with Crippen LogP contribution in [0.4, 0.5) is 5.82 Å². The Balaban J connectivity index is 1.82. The molecule has 1 fully saturated rings. The highest BCUT2D eigenvalue weighted by molar-refractivity contribution is 5.93. The lowest BCUT2D eigenvalue weighted by Crippen LogP contribution is -2.27. The van der Waals surface area contributed by atoms with Crippen LogP contribution in [0.2, 0.25) is 0 Å². The summed E-state index contributed by atoms with van der Waals surface area (Å²) in [6, 6.07) is 3.51. The molecule has 0 saturated heterocycles. The van der Waals surface area contributed by atoms with Crippen molar-refractivity contribution < 1.29 is 9.90 Å². The summed E-state index contributed by atoms with van der Waals surface area (Å²) in [5, 5.41) is 15.9. The molecule has 1 unspecified atom stereocenters. The van der Waals surface area contributed by atoms with Crippen LogP contribution in [-0.4, -0.2) is 35.2 Å². The summed E-state index contributed by atoms with van der Waals surface area (Å²) in [5.74, 6) is 0.991. The van der Waals surface area contributed by atoms with Crippen molar-refractivity contribution in [3.8, 4) is 0 Å². The first-order valence-electron chi connectivity index (χ1n) is 7.37. The van der Waals surface area contributed by atoms with E-state index in [9.17, 15) is 9.90 Å². The first-order valence-corrected chi connectivity index (χ1v) is 7.37. The SMILES string of the molecule is CCNC(=O)c1ccc(NCC(O)C2CCCC2)nc1. The molecule has 2 rings (SSSR count). The zero-order valence-electron chi connectivity index (χ0n) is 11.9. The molecule has 0 bridgehead atoms. The van der Waals surface area contributed by atoms with Gasteiger partial charge in [0.1, 0.15) is 5.82 Å². The summed E-state index contributed by atoms with van der Waals surface area (Å²) in [6.07, 6.45) is 5.92. The summed E-state index contributed by atoms with van der Waals surface area (Å²) in [4.78, 5) is 15.8. The van der Waals surface area contributed by atoms with Crippen LogP contribution in [0.25, 0.3) is 0 Å². The molecule has 110 valence electrons. The molecule has 0 aliphatic heterocycles. The van der Waals surface area contributed by atoms with Gasteiger partial charge in [0.05, 0.1) is 11.7 Å². The number of anilines is 1. The Bertz CT molecular complexity index is 427. The molecule has 1 aromatic heterocycles. The maximum absolute atomic E-state index is 11.6. The number of amides is 1. The Morgan fingerprint density at radius 2 is 2.20 bits per heavy atom. The van der Waals surface area contributed by atoms with Crippen molar-refractivity contribution in [3.63, 3.8) is 0 Å². The van der Waals surface area contributed by atoms with Gasteiger partial charge in [-0.2, -0.15) is 0 Å². The Morgan fingerprint density at radius 3 is 2.80 bits per heavy atom. The van der Waals surface area contributed by atoms with Gasteiger partial charge in [-0.25, -0.2) is 4.98 Å². The fourth-order valence-corrected chi connectivity index (χ4v) is 2.61. The number of pyridine rings is 1. The van der Waals surface area contributed by atoms with Crippen LogP contribution in [0.5, 0.6) is 0 Å². The van der Waals surface area contributed by atoms with Gasteiger partial charge in [0, 0.05) is 19.3 Å². The molecule has 1 aromatic rings. The maximum atomic E-state index is 11.6. The molecule has 1 heterocycles. The fourth-order valence-electron chi connectivity index (χ4n) is 2.61. The zero-order valence-corrected chi connectivity index (χ0v) is 11.9. The van der Waals surface area contributed by atoms with Crippen molar-refractivity contribution in [2.24, 2.45) is 5.92 Å². The van der Waals surface area contributed by atoms with Crippen LogP contribution in [0.15, 0.2) is 18.3 Å². The fraction of sp³-hybridized carbons (Fsp3) is 0.600. The predicted octanol–water partition coefficient (Wildman–Crippen LogP) is 1.79. The van der Waals surface area contributed by atoms with E-state index in [0.717, 1.165) is 12.8 Å². The van der Waals surface area contributed by atoms with Gasteiger partial charge in [-0.05, 0) is 37.8 Å². The third kappa shape index (κ3) is 3.93. The number of carbonyl (C=O) groups is 1. The topological polar surface area (TPSA) is 74.2 Å². The van der Waals surface area contributed by atoms with Crippen LogP contribution in [0, 0.1) is 5.92 Å². The van der Waals surface area contributed by atoms with Gasteiger partial charge in [0.2, 0.25) is 0 Å². The van der Waals surface area contributed by atoms with Gasteiger partial charge < -0.3 is 15.7 Å². The van der Waals surface area contributed by atoms with Crippen LogP contribution in [0.1, 0.15) is 43.0 Å². The molecule has 1 amide bonds. The Morgan fingerprint density at radius 1 is 1.45 bits per heavy atom. The summed E-state index contributed by atoms with van der Waals surface area (Å²) in [5.41, 5.74) is 0.550. The summed E-state index contributed by atoms with van der Waals surface area (Å²) < 4.78 is 0. The summed E-state index contributed by atoms with van der Waals surface area (Å²) in [6.45, 7) is 3.00. The van der Waals surface area contributed by atoms with E-state index in [-0.39, 0.29) is 12.0 Å². The number of nitrogens with zero attached hydrogens (tertiary/aromatic N) is 1. The number of rotatable bonds is 6. The van der Waals surface area contributed by atoms with Gasteiger partial charge in [0.15, 0.2) is 0 Å². The lowest BCUT2D eigenvalue weighted by Gasteiger charge is -2.18. The van der Waals surface area contributed by atoms with E-state index in [1.165, 1.54) is 12.8 Å². The van der Waals surface area contributed by atoms with Crippen LogP contribution < -0.4 is 10.6 Å². The summed E-state index contributed by atoms with van der Waals surface area (Å²) in [7, 11) is 0. The highest BCUT2D eigenvalue weighted by Crippen LogP contribution is 2.27. The predicted molar refractivity (Wildman–Crippen MR) is 78.7 cm³/mol. The highest BCUT2D eigenvalue weighted by Gasteiger charge is 2.22. The Hall–Kier alpha value is -1.62. The molecule has 1 saturated carbocycles. The normalized spacial score (nSPS) is 16.9. The molecule has 1 aliphatic rings. The number of aliphatic hydroxyl groups excluding tert-OH is 1. The number of nitrogens with one attached hydrogen (secondary N) is 2. The third-order valence-electron chi connectivity index (χ3n) is 3.80. The average Bonchev–Trinajstić information content (AvgIpc) is 3.00. The first-order chi connectivity index (χ1) is 9.70. The zero-order chi connectivity index (χ0) is 14.4. The van der Waals surface area contributed by atoms with Crippen molar-refractivity contribution in [1.29, 1.82) is 0 Å². The van der Waals surface area contributed by atoms with Crippen molar-refractivity contribution in [3.05, 3.63) is 23.9 Å². The monoisotopic (exact) mass is 277 g/mol. The second-order valence-electron chi connectivity index (χ2n) is 5.28. The molecule has 1 aliphatic carbocycles. The molecule has 3 N–H and O–H groups in total. The molecular weight excluding hydrogens is 254 g/mol. The second-order valence-corrected chi connectivity index (χ2v) is 5.28. The van der Waals surface area contributed by atoms with E-state index in [0.29, 0.717) is 30.4 Å². The second kappa shape index (κ2) is 7.24. The van der Waals surface area contributed by atoms with E-state index in [2.05, 4.69) is 15.6 Å². The quantitative estimate of drug-likeness (QED) is 0.741. The molecular formula is C15H23N3O2. The first kappa shape index (κ1) is 14.8. The average molecular weight is 277 g/mol. The molecule has 0 aromatic carbocycles. The van der Waals surface area contributed by atoms with Crippen molar-refractivity contribution >= 4 is 11.7 Å². The highest BCUT2D eigenvalue weighted by atomic mass is 16.3. The number of carbonyl (C=O) groups excluding carboxylic acids is 1. The molecule has 0 spiro atoms. The van der Waals surface area contributed by atoms with Gasteiger partial charge in [-0.3, -0.25) is 4.79 Å². The minimum absolute atomic E-state index is 0.113. The van der Waals surface area contributed by atoms with Crippen LogP contribution >= 0.6 is 0 Å². The van der Waals surface area contributed by atoms with E-state index in [1.807, 2.05) is 6.92 Å². The third-order valence-corrected chi connectivity index (χ3v) is 3.80. The smallest absolute Gasteiger partial charge is 0.252 e. The van der Waals surface area contributed by atoms with Crippen LogP contribution in [-0.2, 0) is 0 Å². The van der Waals surface area contributed by atoms with Crippen molar-refractivity contribution in [2.45, 2.75) is 38.7 Å². The van der Waals surface area contributed by atoms with Crippen molar-refractivity contribution in [2.75, 3.05) is 18.4 Å². The molecule has 5 heteroatoms. The maximum Gasteiger partial charge on any atom is 0.252 e. The number of aromatic nitrogens is 1. The summed E-state index contributed by atoms with van der Waals surface area (Å²) >= 11 is 0. The van der Waals surface area contributed by atoms with Gasteiger partial charge in [-0.15, -0.1) is 0 Å². The molecule has 20 heavy (non-hydrogen) atoms. The Labute approximate surface area is 119 Å². The largest absolute Gasteiger partial charge is 0.391 e. The lowest BCUT2D eigenvalue weighted by atomic mass is 10.0. The van der Waals surface area contributed by atoms with E-state index in [1.54, 1.807) is 18.3 Å². The van der Waals surface area contributed by atoms with E-state index in [4.69, 9.17) is 0 Å². The molecule has 5 nitrogen and oxygen atoms in total. The Kier molecular flexibility index (Phi) is 5.35. The van der Waals surface area contributed by atoms with Crippen molar-refractivity contribution in [1.82, 2.24) is 10.3 Å². The number of hydrogen-bond acceptors (Lipinski definition) is 4. The standard InChI is InChI=1S/C15H23N3O2/c1-2-16-15(20)12-7-8-14(17-9-12)18-10-13(19)11-5-3-4-6-11/h7-9,11,13,19H,2-6,10H2,1H3,(H,16,20)(H,17,18). The van der Waals surface area contributed by atoms with Gasteiger partial charge in [-0.1, -0.05) is 12.8 Å². The molecule has 0 radical (unpaired) electrons. The molecule has 1 atom stereocenters. The van der Waals surface area contributed by atoms with E-state index >= 15 is 0 Å². The number of aliphatic hydroxyl groups is 1. The van der Waals surface area contributed by atoms with Gasteiger partial charge >= 0.3 is 0 Å². The van der Waals surface area contributed by atoms with E-state index < -0.39 is 0 Å². The minimum atomic E-state index is -0.317. The van der Waals surface area contributed by atoms with Gasteiger partial charge in [0.25, 0.3) is 5.91 Å². The number of hydrogen-bond donors (Lipinski definition) is 3. The lowest BCUT2D eigenvalue weighted by molar-refractivity contribution is 0.0955. The van der Waals surface area contributed by atoms with Crippen LogP contribution in [0.3, 0.4) is 0 Å². The minimum Gasteiger partial charge on any atom is -0.391 e.